The summed E-state index contributed by atoms with van der Waals surface area (Å²) in [6.45, 7) is 2.10. The largest absolute Gasteiger partial charge is 0.355 e. The first-order chi connectivity index (χ1) is 14.8. The number of halogens is 2. The monoisotopic (exact) mass is 443 g/mol. The Labute approximate surface area is 184 Å². The van der Waals surface area contributed by atoms with Crippen molar-refractivity contribution >= 4 is 29.4 Å². The molecule has 6 nitrogen and oxygen atoms in total. The normalized spacial score (nSPS) is 17.6. The molecule has 162 valence electrons. The number of carbonyl (C=O) groups excluding carboxylic acids is 1. The number of piperidine rings is 1. The van der Waals surface area contributed by atoms with E-state index in [0.29, 0.717) is 39.3 Å². The number of amides is 1. The average molecular weight is 444 g/mol. The number of aryl methyl sites for hydroxylation is 1. The summed E-state index contributed by atoms with van der Waals surface area (Å²) < 4.78 is 27.3. The van der Waals surface area contributed by atoms with Gasteiger partial charge in [0.05, 0.1) is 11.3 Å². The molecule has 2 fully saturated rings. The van der Waals surface area contributed by atoms with Crippen LogP contribution in [-0.4, -0.2) is 34.9 Å². The van der Waals surface area contributed by atoms with Crippen LogP contribution >= 0.6 is 11.9 Å². The summed E-state index contributed by atoms with van der Waals surface area (Å²) in [6.07, 6.45) is 3.21. The zero-order valence-corrected chi connectivity index (χ0v) is 17.9. The number of aromatic nitrogens is 2. The van der Waals surface area contributed by atoms with Gasteiger partial charge in [-0.1, -0.05) is 11.8 Å². The van der Waals surface area contributed by atoms with Crippen molar-refractivity contribution in [3.8, 4) is 11.8 Å². The fraction of sp³-hybridized carbons (Fsp3) is 0.409. The third-order valence-corrected chi connectivity index (χ3v) is 5.80. The minimum absolute atomic E-state index is 0.135. The van der Waals surface area contributed by atoms with Crippen molar-refractivity contribution in [2.45, 2.75) is 43.6 Å². The van der Waals surface area contributed by atoms with Crippen molar-refractivity contribution in [1.29, 1.82) is 0 Å². The number of hydrogen-bond acceptors (Lipinski definition) is 6. The number of hydrogen-bond donors (Lipinski definition) is 2. The van der Waals surface area contributed by atoms with E-state index in [0.717, 1.165) is 24.8 Å². The van der Waals surface area contributed by atoms with Gasteiger partial charge in [0, 0.05) is 49.3 Å². The third-order valence-electron chi connectivity index (χ3n) is 5.33. The maximum atomic E-state index is 13.7. The zero-order valence-electron chi connectivity index (χ0n) is 17.1. The molecule has 0 unspecified atom stereocenters. The van der Waals surface area contributed by atoms with Gasteiger partial charge in [0.1, 0.15) is 10.8 Å². The van der Waals surface area contributed by atoms with Crippen LogP contribution in [0.25, 0.3) is 0 Å². The smallest absolute Gasteiger partial charge is 0.259 e. The van der Waals surface area contributed by atoms with E-state index in [2.05, 4.69) is 27.1 Å². The van der Waals surface area contributed by atoms with Crippen molar-refractivity contribution in [2.75, 3.05) is 23.3 Å². The van der Waals surface area contributed by atoms with Gasteiger partial charge in [0.15, 0.2) is 0 Å². The maximum absolute atomic E-state index is 13.7. The topological polar surface area (TPSA) is 84.1 Å². The van der Waals surface area contributed by atoms with Crippen LogP contribution in [-0.2, 0) is 0 Å². The molecule has 3 N–H and O–H groups in total. The molecule has 0 bridgehead atoms. The molecule has 2 aromatic heterocycles. The minimum atomic E-state index is -2.68. The highest BCUT2D eigenvalue weighted by Gasteiger charge is 2.35. The van der Waals surface area contributed by atoms with Crippen molar-refractivity contribution in [1.82, 2.24) is 9.97 Å². The van der Waals surface area contributed by atoms with E-state index >= 15 is 0 Å². The van der Waals surface area contributed by atoms with Crippen LogP contribution < -0.4 is 15.4 Å². The molecule has 4 rings (SSSR count). The highest BCUT2D eigenvalue weighted by Crippen LogP contribution is 2.32. The first kappa shape index (κ1) is 21.5. The molecular weight excluding hydrogens is 420 g/mol. The summed E-state index contributed by atoms with van der Waals surface area (Å²) in [6, 6.07) is 5.04. The van der Waals surface area contributed by atoms with Gasteiger partial charge in [-0.2, -0.15) is 0 Å². The van der Waals surface area contributed by atoms with Crippen LogP contribution in [0.5, 0.6) is 0 Å². The second-order valence-corrected chi connectivity index (χ2v) is 8.49. The van der Waals surface area contributed by atoms with Crippen LogP contribution in [0.4, 0.5) is 20.3 Å². The lowest BCUT2D eigenvalue weighted by Crippen LogP contribution is -2.40. The standard InChI is InChI=1S/C22H23F2N5OS/c1-14-16(5-4-15-2-3-15)12-18(20(27-14)29-10-7-22(23,24)8-11-29)21(30)28-17-6-9-26-19(13-17)31-25/h6,9,12-13,15H,2-3,7-8,10-11,25H2,1H3,(H,26,28,30). The Morgan fingerprint density at radius 1 is 1.32 bits per heavy atom. The Morgan fingerprint density at radius 2 is 2.06 bits per heavy atom. The zero-order chi connectivity index (χ0) is 22.0. The predicted octanol–water partition coefficient (Wildman–Crippen LogP) is 4.00. The maximum Gasteiger partial charge on any atom is 0.259 e. The molecule has 1 saturated carbocycles. The molecule has 3 heterocycles. The van der Waals surface area contributed by atoms with Crippen LogP contribution in [0.2, 0.25) is 0 Å². The summed E-state index contributed by atoms with van der Waals surface area (Å²) in [7, 11) is 0. The number of nitrogens with zero attached hydrogens (tertiary/aromatic N) is 3. The average Bonchev–Trinajstić information content (AvgIpc) is 3.57. The van der Waals surface area contributed by atoms with Gasteiger partial charge in [-0.3, -0.25) is 9.93 Å². The molecule has 2 aliphatic rings. The summed E-state index contributed by atoms with van der Waals surface area (Å²) >= 11 is 0.979. The lowest BCUT2D eigenvalue weighted by Gasteiger charge is -2.33. The number of alkyl halides is 2. The van der Waals surface area contributed by atoms with E-state index in [9.17, 15) is 13.6 Å². The molecule has 0 spiro atoms. The first-order valence-corrected chi connectivity index (χ1v) is 11.0. The van der Waals surface area contributed by atoms with Crippen molar-refractivity contribution in [2.24, 2.45) is 11.1 Å². The van der Waals surface area contributed by atoms with Gasteiger partial charge in [0.2, 0.25) is 0 Å². The fourth-order valence-corrected chi connectivity index (χ4v) is 3.65. The molecule has 0 aromatic carbocycles. The SMILES string of the molecule is Cc1nc(N2CCC(F)(F)CC2)c(C(=O)Nc2ccnc(SN)c2)cc1C#CC1CC1. The molecule has 1 aliphatic heterocycles. The van der Waals surface area contributed by atoms with E-state index in [1.165, 1.54) is 0 Å². The van der Waals surface area contributed by atoms with Crippen LogP contribution in [0.1, 0.15) is 47.3 Å². The van der Waals surface area contributed by atoms with E-state index in [-0.39, 0.29) is 31.8 Å². The number of nitrogens with one attached hydrogen (secondary N) is 1. The van der Waals surface area contributed by atoms with Crippen molar-refractivity contribution in [3.63, 3.8) is 0 Å². The van der Waals surface area contributed by atoms with E-state index in [1.807, 2.05) is 6.92 Å². The van der Waals surface area contributed by atoms with Gasteiger partial charge in [-0.25, -0.2) is 18.7 Å². The first-order valence-electron chi connectivity index (χ1n) is 10.1. The molecule has 1 saturated heterocycles. The Hall–Kier alpha value is -2.70. The fourth-order valence-electron chi connectivity index (χ4n) is 3.33. The molecule has 1 aliphatic carbocycles. The minimum Gasteiger partial charge on any atom is -0.355 e. The molecule has 0 radical (unpaired) electrons. The number of nitrogens with two attached hydrogens (primary N) is 1. The van der Waals surface area contributed by atoms with Gasteiger partial charge in [0.25, 0.3) is 11.8 Å². The highest BCUT2D eigenvalue weighted by molar-refractivity contribution is 7.97. The Kier molecular flexibility index (Phi) is 6.12. The number of rotatable bonds is 4. The van der Waals surface area contributed by atoms with E-state index in [4.69, 9.17) is 5.14 Å². The van der Waals surface area contributed by atoms with Crippen molar-refractivity contribution in [3.05, 3.63) is 41.2 Å². The van der Waals surface area contributed by atoms with Crippen LogP contribution in [0.3, 0.4) is 0 Å². The van der Waals surface area contributed by atoms with E-state index in [1.54, 1.807) is 29.3 Å². The summed E-state index contributed by atoms with van der Waals surface area (Å²) in [5.74, 6) is 4.08. The molecule has 2 aromatic rings. The quantitative estimate of drug-likeness (QED) is 0.549. The van der Waals surface area contributed by atoms with Gasteiger partial charge >= 0.3 is 0 Å². The summed E-state index contributed by atoms with van der Waals surface area (Å²) in [4.78, 5) is 23.7. The molecule has 0 atom stereocenters. The Morgan fingerprint density at radius 3 is 2.74 bits per heavy atom. The highest BCUT2D eigenvalue weighted by atomic mass is 32.2. The lowest BCUT2D eigenvalue weighted by atomic mass is 10.0. The Balaban J connectivity index is 1.67. The van der Waals surface area contributed by atoms with Gasteiger partial charge in [-0.15, -0.1) is 0 Å². The van der Waals surface area contributed by atoms with Gasteiger partial charge < -0.3 is 10.2 Å². The Bertz CT molecular complexity index is 1050. The summed E-state index contributed by atoms with van der Waals surface area (Å²) in [5.41, 5.74) is 2.21. The number of anilines is 2. The molecule has 9 heteroatoms. The van der Waals surface area contributed by atoms with Crippen LogP contribution in [0.15, 0.2) is 29.4 Å². The summed E-state index contributed by atoms with van der Waals surface area (Å²) in [5, 5.41) is 8.96. The second kappa shape index (κ2) is 8.81. The lowest BCUT2D eigenvalue weighted by molar-refractivity contribution is -0.0221. The second-order valence-electron chi connectivity index (χ2n) is 7.83. The van der Waals surface area contributed by atoms with E-state index < -0.39 is 5.92 Å². The molecular formula is C22H23F2N5OS. The van der Waals surface area contributed by atoms with Crippen molar-refractivity contribution < 1.29 is 13.6 Å². The van der Waals surface area contributed by atoms with Crippen LogP contribution in [0, 0.1) is 24.7 Å². The third kappa shape index (κ3) is 5.32. The number of pyridine rings is 2. The van der Waals surface area contributed by atoms with Gasteiger partial charge in [-0.05, 0) is 49.9 Å². The molecule has 31 heavy (non-hydrogen) atoms. The predicted molar refractivity (Wildman–Crippen MR) is 117 cm³/mol. The molecule has 1 amide bonds. The number of carbonyl (C=O) groups is 1.